The molecule has 1 N–H and O–H groups in total. The highest BCUT2D eigenvalue weighted by Gasteiger charge is 2.22. The van der Waals surface area contributed by atoms with Crippen LogP contribution in [-0.4, -0.2) is 31.2 Å². The van der Waals surface area contributed by atoms with E-state index in [1.807, 2.05) is 36.4 Å². The van der Waals surface area contributed by atoms with Gasteiger partial charge in [-0.3, -0.25) is 0 Å². The monoisotopic (exact) mass is 286 g/mol. The lowest BCUT2D eigenvalue weighted by atomic mass is 10.0. The minimum atomic E-state index is -0.299. The molecule has 1 aliphatic heterocycles. The second kappa shape index (κ2) is 6.61. The lowest BCUT2D eigenvalue weighted by molar-refractivity contribution is 0.0985. The van der Waals surface area contributed by atoms with E-state index in [4.69, 9.17) is 19.3 Å². The standard InChI is InChI=1S/C17H18O4/c18-12-21-16-7-3-14(4-8-16)9-13-1-5-15(6-2-13)19-10-17-11-20-17/h1-8,17-18H,9-12H2. The van der Waals surface area contributed by atoms with Gasteiger partial charge in [-0.05, 0) is 41.8 Å². The summed E-state index contributed by atoms with van der Waals surface area (Å²) in [7, 11) is 0. The maximum absolute atomic E-state index is 8.69. The average molecular weight is 286 g/mol. The molecule has 1 aliphatic rings. The van der Waals surface area contributed by atoms with Crippen molar-refractivity contribution in [2.45, 2.75) is 12.5 Å². The first-order chi connectivity index (χ1) is 10.3. The molecule has 1 saturated heterocycles. The number of benzene rings is 2. The van der Waals surface area contributed by atoms with E-state index in [2.05, 4.69) is 12.1 Å². The van der Waals surface area contributed by atoms with Gasteiger partial charge < -0.3 is 19.3 Å². The molecule has 1 unspecified atom stereocenters. The van der Waals surface area contributed by atoms with Crippen LogP contribution >= 0.6 is 0 Å². The maximum Gasteiger partial charge on any atom is 0.186 e. The number of aliphatic hydroxyl groups excluding tert-OH is 1. The molecule has 0 saturated carbocycles. The van der Waals surface area contributed by atoms with Gasteiger partial charge in [0.2, 0.25) is 0 Å². The van der Waals surface area contributed by atoms with E-state index in [9.17, 15) is 0 Å². The molecule has 1 atom stereocenters. The topological polar surface area (TPSA) is 51.2 Å². The molecule has 1 fully saturated rings. The van der Waals surface area contributed by atoms with Crippen molar-refractivity contribution in [3.05, 3.63) is 59.7 Å². The summed E-state index contributed by atoms with van der Waals surface area (Å²) in [4.78, 5) is 0. The summed E-state index contributed by atoms with van der Waals surface area (Å²) in [6.45, 7) is 1.15. The third-order valence-corrected chi connectivity index (χ3v) is 3.32. The Balaban J connectivity index is 1.56. The molecule has 3 rings (SSSR count). The van der Waals surface area contributed by atoms with Gasteiger partial charge >= 0.3 is 0 Å². The third kappa shape index (κ3) is 4.21. The summed E-state index contributed by atoms with van der Waals surface area (Å²) < 4.78 is 15.7. The molecule has 1 heterocycles. The molecule has 0 aliphatic carbocycles. The van der Waals surface area contributed by atoms with Crippen molar-refractivity contribution in [3.63, 3.8) is 0 Å². The van der Waals surface area contributed by atoms with Crippen LogP contribution in [0, 0.1) is 0 Å². The summed E-state index contributed by atoms with van der Waals surface area (Å²) in [6.07, 6.45) is 1.13. The maximum atomic E-state index is 8.69. The van der Waals surface area contributed by atoms with Gasteiger partial charge in [-0.25, -0.2) is 0 Å². The highest BCUT2D eigenvalue weighted by molar-refractivity contribution is 5.34. The molecule has 4 nitrogen and oxygen atoms in total. The van der Waals surface area contributed by atoms with Gasteiger partial charge in [-0.2, -0.15) is 0 Å². The van der Waals surface area contributed by atoms with Crippen molar-refractivity contribution < 1.29 is 19.3 Å². The molecular formula is C17H18O4. The lowest BCUT2D eigenvalue weighted by Crippen LogP contribution is -2.03. The van der Waals surface area contributed by atoms with Crippen LogP contribution in [-0.2, 0) is 11.2 Å². The number of ether oxygens (including phenoxy) is 3. The Hall–Kier alpha value is -2.04. The molecule has 4 heteroatoms. The van der Waals surface area contributed by atoms with E-state index in [0.29, 0.717) is 12.4 Å². The Labute approximate surface area is 123 Å². The summed E-state index contributed by atoms with van der Waals surface area (Å²) >= 11 is 0. The van der Waals surface area contributed by atoms with Crippen LogP contribution in [0.25, 0.3) is 0 Å². The van der Waals surface area contributed by atoms with Gasteiger partial charge in [0, 0.05) is 0 Å². The first-order valence-corrected chi connectivity index (χ1v) is 6.99. The number of rotatable bonds is 7. The first-order valence-electron chi connectivity index (χ1n) is 6.99. The largest absolute Gasteiger partial charge is 0.491 e. The SMILES string of the molecule is OCOc1ccc(Cc2ccc(OCC3CO3)cc2)cc1. The van der Waals surface area contributed by atoms with Gasteiger partial charge in [0.1, 0.15) is 24.2 Å². The molecule has 2 aromatic carbocycles. The second-order valence-electron chi connectivity index (χ2n) is 5.00. The number of hydrogen-bond acceptors (Lipinski definition) is 4. The van der Waals surface area contributed by atoms with E-state index in [0.717, 1.165) is 18.8 Å². The van der Waals surface area contributed by atoms with Crippen LogP contribution in [0.5, 0.6) is 11.5 Å². The third-order valence-electron chi connectivity index (χ3n) is 3.32. The predicted octanol–water partition coefficient (Wildman–Crippen LogP) is 2.38. The fourth-order valence-electron chi connectivity index (χ4n) is 2.07. The Morgan fingerprint density at radius 1 is 0.905 bits per heavy atom. The molecular weight excluding hydrogens is 268 g/mol. The highest BCUT2D eigenvalue weighted by atomic mass is 16.6. The highest BCUT2D eigenvalue weighted by Crippen LogP contribution is 2.19. The minimum absolute atomic E-state index is 0.282. The zero-order chi connectivity index (χ0) is 14.5. The van der Waals surface area contributed by atoms with Crippen molar-refractivity contribution in [1.82, 2.24) is 0 Å². The molecule has 21 heavy (non-hydrogen) atoms. The van der Waals surface area contributed by atoms with Gasteiger partial charge in [0.25, 0.3) is 0 Å². The Morgan fingerprint density at radius 3 is 1.90 bits per heavy atom. The molecule has 0 amide bonds. The van der Waals surface area contributed by atoms with E-state index < -0.39 is 0 Å². The van der Waals surface area contributed by atoms with E-state index in [1.165, 1.54) is 11.1 Å². The van der Waals surface area contributed by atoms with Gasteiger partial charge in [-0.15, -0.1) is 0 Å². The van der Waals surface area contributed by atoms with Crippen molar-refractivity contribution in [3.8, 4) is 11.5 Å². The fraction of sp³-hybridized carbons (Fsp3) is 0.294. The molecule has 0 radical (unpaired) electrons. The molecule has 0 bridgehead atoms. The van der Waals surface area contributed by atoms with Crippen molar-refractivity contribution in [2.24, 2.45) is 0 Å². The van der Waals surface area contributed by atoms with Crippen LogP contribution in [0.2, 0.25) is 0 Å². The zero-order valence-corrected chi connectivity index (χ0v) is 11.7. The van der Waals surface area contributed by atoms with Crippen LogP contribution in [0.4, 0.5) is 0 Å². The molecule has 110 valence electrons. The predicted molar refractivity (Wildman–Crippen MR) is 78.6 cm³/mol. The van der Waals surface area contributed by atoms with E-state index in [-0.39, 0.29) is 12.9 Å². The zero-order valence-electron chi connectivity index (χ0n) is 11.7. The Bertz CT molecular complexity index is 558. The minimum Gasteiger partial charge on any atom is -0.491 e. The average Bonchev–Trinajstić information content (AvgIpc) is 3.33. The van der Waals surface area contributed by atoms with Crippen molar-refractivity contribution >= 4 is 0 Å². The van der Waals surface area contributed by atoms with Gasteiger partial charge in [0.05, 0.1) is 6.61 Å². The Morgan fingerprint density at radius 2 is 1.43 bits per heavy atom. The van der Waals surface area contributed by atoms with Crippen LogP contribution in [0.15, 0.2) is 48.5 Å². The molecule has 2 aromatic rings. The normalized spacial score (nSPS) is 16.5. The lowest BCUT2D eigenvalue weighted by Gasteiger charge is -2.07. The van der Waals surface area contributed by atoms with Gasteiger partial charge in [-0.1, -0.05) is 24.3 Å². The number of aliphatic hydroxyl groups is 1. The first kappa shape index (κ1) is 13.9. The van der Waals surface area contributed by atoms with Crippen molar-refractivity contribution in [1.29, 1.82) is 0 Å². The van der Waals surface area contributed by atoms with Crippen LogP contribution in [0.1, 0.15) is 11.1 Å². The molecule has 0 spiro atoms. The Kier molecular flexibility index (Phi) is 4.38. The van der Waals surface area contributed by atoms with Crippen LogP contribution in [0.3, 0.4) is 0 Å². The summed E-state index contributed by atoms with van der Waals surface area (Å²) in [5.74, 6) is 1.55. The summed E-state index contributed by atoms with van der Waals surface area (Å²) in [5.41, 5.74) is 2.42. The van der Waals surface area contributed by atoms with Crippen LogP contribution < -0.4 is 9.47 Å². The number of hydrogen-bond donors (Lipinski definition) is 1. The molecule has 0 aromatic heterocycles. The second-order valence-corrected chi connectivity index (χ2v) is 5.00. The summed E-state index contributed by atoms with van der Waals surface area (Å²) in [6, 6.07) is 15.8. The number of epoxide rings is 1. The smallest absolute Gasteiger partial charge is 0.186 e. The quantitative estimate of drug-likeness (QED) is 0.627. The van der Waals surface area contributed by atoms with Gasteiger partial charge in [0.15, 0.2) is 6.79 Å². The van der Waals surface area contributed by atoms with E-state index >= 15 is 0 Å². The van der Waals surface area contributed by atoms with E-state index in [1.54, 1.807) is 0 Å². The summed E-state index contributed by atoms with van der Waals surface area (Å²) in [5, 5.41) is 8.69. The van der Waals surface area contributed by atoms with Crippen molar-refractivity contribution in [2.75, 3.05) is 20.0 Å². The fourth-order valence-corrected chi connectivity index (χ4v) is 2.07.